The third-order valence-electron chi connectivity index (χ3n) is 5.18. The van der Waals surface area contributed by atoms with Crippen molar-refractivity contribution in [2.45, 2.75) is 32.6 Å². The number of carbonyl (C=O) groups is 3. The third-order valence-corrected chi connectivity index (χ3v) is 5.59. The monoisotopic (exact) mass is 424 g/mol. The van der Waals surface area contributed by atoms with E-state index in [2.05, 4.69) is 10.4 Å². The van der Waals surface area contributed by atoms with Gasteiger partial charge < -0.3 is 10.2 Å². The number of carbonyl (C=O) groups excluding carboxylic acids is 3. The van der Waals surface area contributed by atoms with E-state index in [9.17, 15) is 14.4 Å². The molecule has 154 valence electrons. The van der Waals surface area contributed by atoms with Gasteiger partial charge in [-0.25, -0.2) is 5.01 Å². The predicted octanol–water partition coefficient (Wildman–Crippen LogP) is 3.90. The molecule has 4 rings (SSSR count). The first-order valence-electron chi connectivity index (χ1n) is 9.81. The van der Waals surface area contributed by atoms with Crippen molar-refractivity contribution in [2.24, 2.45) is 5.10 Å². The minimum atomic E-state index is -0.379. The van der Waals surface area contributed by atoms with Crippen molar-refractivity contribution in [3.05, 3.63) is 53.1 Å². The number of halogens is 1. The molecule has 0 bridgehead atoms. The summed E-state index contributed by atoms with van der Waals surface area (Å²) < 4.78 is 0. The van der Waals surface area contributed by atoms with E-state index in [-0.39, 0.29) is 36.3 Å². The second kappa shape index (κ2) is 8.28. The van der Waals surface area contributed by atoms with Crippen LogP contribution in [0, 0.1) is 6.92 Å². The smallest absolute Gasteiger partial charge is 0.271 e. The van der Waals surface area contributed by atoms with Gasteiger partial charge in [0.1, 0.15) is 5.71 Å². The number of nitrogens with zero attached hydrogens (tertiary/aromatic N) is 3. The van der Waals surface area contributed by atoms with Crippen molar-refractivity contribution in [1.29, 1.82) is 0 Å². The SMILES string of the molecule is Cc1ccc(N2N=C(C(=O)Nc3cccc(N4CCCC4=O)c3)CCC2=O)cc1Cl. The van der Waals surface area contributed by atoms with Crippen molar-refractivity contribution < 1.29 is 14.4 Å². The number of aryl methyl sites for hydroxylation is 1. The lowest BCUT2D eigenvalue weighted by Gasteiger charge is -2.23. The molecular weight excluding hydrogens is 404 g/mol. The van der Waals surface area contributed by atoms with E-state index in [0.717, 1.165) is 17.7 Å². The average molecular weight is 425 g/mol. The lowest BCUT2D eigenvalue weighted by Crippen LogP contribution is -2.36. The summed E-state index contributed by atoms with van der Waals surface area (Å²) in [7, 11) is 0. The highest BCUT2D eigenvalue weighted by Crippen LogP contribution is 2.27. The van der Waals surface area contributed by atoms with Crippen molar-refractivity contribution in [3.63, 3.8) is 0 Å². The van der Waals surface area contributed by atoms with Crippen LogP contribution in [-0.2, 0) is 14.4 Å². The van der Waals surface area contributed by atoms with Gasteiger partial charge >= 0.3 is 0 Å². The number of anilines is 3. The number of rotatable bonds is 4. The van der Waals surface area contributed by atoms with Crippen molar-refractivity contribution in [2.75, 3.05) is 21.8 Å². The summed E-state index contributed by atoms with van der Waals surface area (Å²) in [6, 6.07) is 12.4. The lowest BCUT2D eigenvalue weighted by atomic mass is 10.1. The highest BCUT2D eigenvalue weighted by atomic mass is 35.5. The number of hydrazone groups is 1. The van der Waals surface area contributed by atoms with Crippen LogP contribution in [0.15, 0.2) is 47.6 Å². The Kier molecular flexibility index (Phi) is 5.55. The van der Waals surface area contributed by atoms with E-state index in [1.165, 1.54) is 5.01 Å². The van der Waals surface area contributed by atoms with Gasteiger partial charge in [0.2, 0.25) is 11.8 Å². The minimum Gasteiger partial charge on any atom is -0.321 e. The number of hydrogen-bond donors (Lipinski definition) is 1. The van der Waals surface area contributed by atoms with Crippen molar-refractivity contribution in [3.8, 4) is 0 Å². The van der Waals surface area contributed by atoms with Crippen LogP contribution in [0.1, 0.15) is 31.2 Å². The zero-order valence-corrected chi connectivity index (χ0v) is 17.3. The van der Waals surface area contributed by atoms with E-state index < -0.39 is 0 Å². The summed E-state index contributed by atoms with van der Waals surface area (Å²) >= 11 is 6.17. The van der Waals surface area contributed by atoms with E-state index in [1.807, 2.05) is 13.0 Å². The molecule has 0 aliphatic carbocycles. The van der Waals surface area contributed by atoms with Crippen LogP contribution in [0.25, 0.3) is 0 Å². The van der Waals surface area contributed by atoms with E-state index in [1.54, 1.807) is 41.3 Å². The first-order valence-corrected chi connectivity index (χ1v) is 10.2. The van der Waals surface area contributed by atoms with Crippen molar-refractivity contribution in [1.82, 2.24) is 0 Å². The molecule has 1 N–H and O–H groups in total. The molecule has 0 aromatic heterocycles. The fraction of sp³-hybridized carbons (Fsp3) is 0.273. The van der Waals surface area contributed by atoms with Crippen molar-refractivity contribution >= 4 is 52.1 Å². The molecule has 2 aromatic rings. The predicted molar refractivity (Wildman–Crippen MR) is 117 cm³/mol. The molecular formula is C22H21ClN4O3. The standard InChI is InChI=1S/C22H21ClN4O3/c1-14-7-8-17(13-18(14)23)27-21(29)10-9-19(25-27)22(30)24-15-4-2-5-16(12-15)26-11-3-6-20(26)28/h2,4-5,7-8,12-13H,3,6,9-11H2,1H3,(H,24,30). The molecule has 0 saturated carbocycles. The van der Waals surface area contributed by atoms with Gasteiger partial charge in [0.15, 0.2) is 0 Å². The maximum absolute atomic E-state index is 12.8. The molecule has 0 unspecified atom stereocenters. The molecule has 0 radical (unpaired) electrons. The Balaban J connectivity index is 1.53. The van der Waals surface area contributed by atoms with Crippen LogP contribution in [0.3, 0.4) is 0 Å². The summed E-state index contributed by atoms with van der Waals surface area (Å²) in [6.07, 6.45) is 1.81. The molecule has 0 atom stereocenters. The largest absolute Gasteiger partial charge is 0.321 e. The Morgan fingerprint density at radius 2 is 1.87 bits per heavy atom. The van der Waals surface area contributed by atoms with Crippen LogP contribution < -0.4 is 15.2 Å². The minimum absolute atomic E-state index is 0.0843. The second-order valence-electron chi connectivity index (χ2n) is 7.34. The zero-order chi connectivity index (χ0) is 21.3. The topological polar surface area (TPSA) is 82.1 Å². The molecule has 2 aromatic carbocycles. The normalized spacial score (nSPS) is 16.7. The fourth-order valence-electron chi connectivity index (χ4n) is 3.51. The fourth-order valence-corrected chi connectivity index (χ4v) is 3.68. The summed E-state index contributed by atoms with van der Waals surface area (Å²) in [5, 5.41) is 8.86. The van der Waals surface area contributed by atoms with Gasteiger partial charge in [-0.3, -0.25) is 14.4 Å². The molecule has 2 heterocycles. The Morgan fingerprint density at radius 3 is 2.60 bits per heavy atom. The first kappa shape index (κ1) is 20.1. The highest BCUT2D eigenvalue weighted by molar-refractivity contribution is 6.44. The Morgan fingerprint density at radius 1 is 1.03 bits per heavy atom. The van der Waals surface area contributed by atoms with E-state index in [0.29, 0.717) is 29.4 Å². The molecule has 30 heavy (non-hydrogen) atoms. The van der Waals surface area contributed by atoms with Gasteiger partial charge in [0, 0.05) is 42.2 Å². The molecule has 7 nitrogen and oxygen atoms in total. The van der Waals surface area contributed by atoms with Gasteiger partial charge in [0.25, 0.3) is 5.91 Å². The Hall–Kier alpha value is -3.19. The molecule has 2 aliphatic heterocycles. The summed E-state index contributed by atoms with van der Waals surface area (Å²) in [5.74, 6) is -0.488. The molecule has 2 aliphatic rings. The van der Waals surface area contributed by atoms with Gasteiger partial charge in [-0.15, -0.1) is 0 Å². The number of amides is 3. The summed E-state index contributed by atoms with van der Waals surface area (Å²) in [6.45, 7) is 2.55. The van der Waals surface area contributed by atoms with Gasteiger partial charge in [-0.2, -0.15) is 5.10 Å². The zero-order valence-electron chi connectivity index (χ0n) is 16.5. The lowest BCUT2D eigenvalue weighted by molar-refractivity contribution is -0.119. The number of nitrogens with one attached hydrogen (secondary N) is 1. The van der Waals surface area contributed by atoms with E-state index >= 15 is 0 Å². The molecule has 3 amide bonds. The maximum Gasteiger partial charge on any atom is 0.271 e. The first-order chi connectivity index (χ1) is 14.4. The maximum atomic E-state index is 12.8. The molecule has 1 saturated heterocycles. The Labute approximate surface area is 179 Å². The Bertz CT molecular complexity index is 1070. The van der Waals surface area contributed by atoms with Crippen LogP contribution in [0.5, 0.6) is 0 Å². The highest BCUT2D eigenvalue weighted by Gasteiger charge is 2.26. The second-order valence-corrected chi connectivity index (χ2v) is 7.75. The quantitative estimate of drug-likeness (QED) is 0.808. The molecule has 0 spiro atoms. The summed E-state index contributed by atoms with van der Waals surface area (Å²) in [4.78, 5) is 38.8. The average Bonchev–Trinajstić information content (AvgIpc) is 3.16. The van der Waals surface area contributed by atoms with Gasteiger partial charge in [-0.1, -0.05) is 23.7 Å². The van der Waals surface area contributed by atoms with Gasteiger partial charge in [0.05, 0.1) is 5.69 Å². The van der Waals surface area contributed by atoms with Gasteiger partial charge in [-0.05, 0) is 49.2 Å². The summed E-state index contributed by atoms with van der Waals surface area (Å²) in [5.41, 5.74) is 3.00. The number of benzene rings is 2. The molecule has 1 fully saturated rings. The van der Waals surface area contributed by atoms with Crippen LogP contribution >= 0.6 is 11.6 Å². The third kappa shape index (κ3) is 4.07. The van der Waals surface area contributed by atoms with Crippen LogP contribution in [0.2, 0.25) is 5.02 Å². The number of hydrogen-bond acceptors (Lipinski definition) is 4. The van der Waals surface area contributed by atoms with Crippen LogP contribution in [-0.4, -0.2) is 30.0 Å². The molecule has 8 heteroatoms. The van der Waals surface area contributed by atoms with E-state index in [4.69, 9.17) is 11.6 Å². The van der Waals surface area contributed by atoms with Crippen LogP contribution in [0.4, 0.5) is 17.1 Å².